The molecule has 1 aromatic carbocycles. The number of likely N-dealkylation sites (tertiary alicyclic amines) is 1. The number of aromatic nitrogens is 1. The first kappa shape index (κ1) is 14.8. The van der Waals surface area contributed by atoms with E-state index in [2.05, 4.69) is 0 Å². The fraction of sp³-hybridized carbons (Fsp3) is 0.500. The molecule has 6 heteroatoms. The molecule has 1 aliphatic rings. The fourth-order valence-electron chi connectivity index (χ4n) is 3.06. The van der Waals surface area contributed by atoms with Crippen LogP contribution in [0.3, 0.4) is 0 Å². The topological polar surface area (TPSA) is 55.5 Å². The number of hydrogen-bond donors (Lipinski definition) is 0. The molecule has 1 aliphatic heterocycles. The summed E-state index contributed by atoms with van der Waals surface area (Å²) in [7, 11) is 0. The standard InChI is InChI=1S/C16H19FN2O3/c1-10(2)15(20)18-7-5-12(6-8-18)19-13-9-11(17)3-4-14(13)22-16(19)21/h3-4,9-10,12H,5-8H2,1-2H3. The molecule has 118 valence electrons. The third kappa shape index (κ3) is 2.53. The Hall–Kier alpha value is -2.11. The largest absolute Gasteiger partial charge is 0.420 e. The van der Waals surface area contributed by atoms with Gasteiger partial charge in [-0.15, -0.1) is 0 Å². The predicted molar refractivity (Wildman–Crippen MR) is 80.1 cm³/mol. The average molecular weight is 306 g/mol. The Bertz CT molecular complexity index is 754. The van der Waals surface area contributed by atoms with Crippen LogP contribution in [-0.4, -0.2) is 28.5 Å². The maximum atomic E-state index is 13.4. The Balaban J connectivity index is 1.85. The van der Waals surface area contributed by atoms with Crippen LogP contribution in [0.5, 0.6) is 0 Å². The molecule has 0 bridgehead atoms. The molecule has 1 aromatic heterocycles. The highest BCUT2D eigenvalue weighted by atomic mass is 19.1. The van der Waals surface area contributed by atoms with Crippen LogP contribution in [0.25, 0.3) is 11.1 Å². The van der Waals surface area contributed by atoms with Crippen molar-refractivity contribution in [1.29, 1.82) is 0 Å². The van der Waals surface area contributed by atoms with E-state index in [1.165, 1.54) is 22.8 Å². The van der Waals surface area contributed by atoms with Crippen LogP contribution in [0.2, 0.25) is 0 Å². The zero-order chi connectivity index (χ0) is 15.9. The summed E-state index contributed by atoms with van der Waals surface area (Å²) in [5.74, 6) is -0.749. The third-order valence-corrected chi connectivity index (χ3v) is 4.21. The lowest BCUT2D eigenvalue weighted by molar-refractivity contribution is -0.135. The number of hydrogen-bond acceptors (Lipinski definition) is 3. The van der Waals surface area contributed by atoms with Crippen molar-refractivity contribution in [1.82, 2.24) is 9.47 Å². The van der Waals surface area contributed by atoms with Crippen LogP contribution >= 0.6 is 0 Å². The van der Waals surface area contributed by atoms with E-state index >= 15 is 0 Å². The number of rotatable bonds is 2. The minimum absolute atomic E-state index is 0.0249. The molecule has 0 radical (unpaired) electrons. The van der Waals surface area contributed by atoms with Gasteiger partial charge in [-0.3, -0.25) is 9.36 Å². The van der Waals surface area contributed by atoms with E-state index < -0.39 is 11.6 Å². The van der Waals surface area contributed by atoms with Crippen LogP contribution in [0.1, 0.15) is 32.7 Å². The Morgan fingerprint density at radius 2 is 2.00 bits per heavy atom. The molecule has 3 rings (SSSR count). The summed E-state index contributed by atoms with van der Waals surface area (Å²) < 4.78 is 20.1. The van der Waals surface area contributed by atoms with Crippen LogP contribution in [0.4, 0.5) is 4.39 Å². The molecule has 1 fully saturated rings. The van der Waals surface area contributed by atoms with E-state index in [0.717, 1.165) is 0 Å². The fourth-order valence-corrected chi connectivity index (χ4v) is 3.06. The molecule has 22 heavy (non-hydrogen) atoms. The molecule has 1 saturated heterocycles. The molecule has 2 heterocycles. The normalized spacial score (nSPS) is 16.6. The van der Waals surface area contributed by atoms with Gasteiger partial charge >= 0.3 is 5.76 Å². The molecule has 0 unspecified atom stereocenters. The average Bonchev–Trinajstić information content (AvgIpc) is 2.82. The first-order valence-electron chi connectivity index (χ1n) is 7.56. The highest BCUT2D eigenvalue weighted by Gasteiger charge is 2.27. The van der Waals surface area contributed by atoms with Crippen molar-refractivity contribution in [3.05, 3.63) is 34.6 Å². The van der Waals surface area contributed by atoms with Crippen LogP contribution < -0.4 is 5.76 Å². The SMILES string of the molecule is CC(C)C(=O)N1CCC(n2c(=O)oc3ccc(F)cc32)CC1. The van der Waals surface area contributed by atoms with Crippen molar-refractivity contribution >= 4 is 17.0 Å². The second-order valence-electron chi connectivity index (χ2n) is 6.06. The summed E-state index contributed by atoms with van der Waals surface area (Å²) in [5, 5.41) is 0. The number of oxazole rings is 1. The Morgan fingerprint density at radius 3 is 2.64 bits per heavy atom. The van der Waals surface area contributed by atoms with Gasteiger partial charge in [0.1, 0.15) is 5.82 Å². The number of piperidine rings is 1. The molecule has 0 atom stereocenters. The number of benzene rings is 1. The van der Waals surface area contributed by atoms with Gasteiger partial charge in [-0.05, 0) is 25.0 Å². The number of fused-ring (bicyclic) bond motifs is 1. The van der Waals surface area contributed by atoms with Gasteiger partial charge in [0.2, 0.25) is 5.91 Å². The van der Waals surface area contributed by atoms with Crippen molar-refractivity contribution in [2.24, 2.45) is 5.92 Å². The number of halogens is 1. The number of carbonyl (C=O) groups excluding carboxylic acids is 1. The van der Waals surface area contributed by atoms with E-state index in [1.54, 1.807) is 0 Å². The number of nitrogens with zero attached hydrogens (tertiary/aromatic N) is 2. The van der Waals surface area contributed by atoms with Crippen molar-refractivity contribution in [2.45, 2.75) is 32.7 Å². The predicted octanol–water partition coefficient (Wildman–Crippen LogP) is 2.55. The van der Waals surface area contributed by atoms with Gasteiger partial charge in [0, 0.05) is 31.1 Å². The monoisotopic (exact) mass is 306 g/mol. The number of carbonyl (C=O) groups is 1. The van der Waals surface area contributed by atoms with E-state index in [0.29, 0.717) is 37.0 Å². The molecule has 0 aliphatic carbocycles. The highest BCUT2D eigenvalue weighted by Crippen LogP contribution is 2.26. The molecular weight excluding hydrogens is 287 g/mol. The van der Waals surface area contributed by atoms with Gasteiger partial charge in [-0.1, -0.05) is 13.8 Å². The third-order valence-electron chi connectivity index (χ3n) is 4.21. The highest BCUT2D eigenvalue weighted by molar-refractivity contribution is 5.78. The summed E-state index contributed by atoms with van der Waals surface area (Å²) in [6.07, 6.45) is 1.34. The molecular formula is C16H19FN2O3. The van der Waals surface area contributed by atoms with Gasteiger partial charge in [0.15, 0.2) is 5.58 Å². The summed E-state index contributed by atoms with van der Waals surface area (Å²) in [4.78, 5) is 25.9. The van der Waals surface area contributed by atoms with Crippen LogP contribution in [0.15, 0.2) is 27.4 Å². The van der Waals surface area contributed by atoms with E-state index in [9.17, 15) is 14.0 Å². The lowest BCUT2D eigenvalue weighted by Crippen LogP contribution is -2.42. The van der Waals surface area contributed by atoms with Gasteiger partial charge in [-0.2, -0.15) is 0 Å². The lowest BCUT2D eigenvalue weighted by Gasteiger charge is -2.33. The van der Waals surface area contributed by atoms with Crippen LogP contribution in [0, 0.1) is 11.7 Å². The van der Waals surface area contributed by atoms with E-state index in [-0.39, 0.29) is 17.9 Å². The summed E-state index contributed by atoms with van der Waals surface area (Å²) >= 11 is 0. The molecule has 1 amide bonds. The molecule has 0 N–H and O–H groups in total. The van der Waals surface area contributed by atoms with E-state index in [1.807, 2.05) is 18.7 Å². The maximum Gasteiger partial charge on any atom is 0.420 e. The minimum Gasteiger partial charge on any atom is -0.408 e. The van der Waals surface area contributed by atoms with Crippen molar-refractivity contribution in [2.75, 3.05) is 13.1 Å². The second kappa shape index (κ2) is 5.59. The summed E-state index contributed by atoms with van der Waals surface area (Å²) in [6, 6.07) is 4.01. The van der Waals surface area contributed by atoms with Crippen molar-refractivity contribution in [3.63, 3.8) is 0 Å². The van der Waals surface area contributed by atoms with Crippen molar-refractivity contribution in [3.8, 4) is 0 Å². The maximum absolute atomic E-state index is 13.4. The van der Waals surface area contributed by atoms with Gasteiger partial charge < -0.3 is 9.32 Å². The first-order chi connectivity index (χ1) is 10.5. The minimum atomic E-state index is -0.464. The first-order valence-corrected chi connectivity index (χ1v) is 7.56. The quantitative estimate of drug-likeness (QED) is 0.857. The summed E-state index contributed by atoms with van der Waals surface area (Å²) in [5.41, 5.74) is 0.880. The Morgan fingerprint density at radius 1 is 1.32 bits per heavy atom. The van der Waals surface area contributed by atoms with Gasteiger partial charge in [-0.25, -0.2) is 9.18 Å². The zero-order valence-electron chi connectivity index (χ0n) is 12.7. The second-order valence-corrected chi connectivity index (χ2v) is 6.06. The molecule has 5 nitrogen and oxygen atoms in total. The van der Waals surface area contributed by atoms with Gasteiger partial charge in [0.05, 0.1) is 5.52 Å². The Labute approximate surface area is 127 Å². The smallest absolute Gasteiger partial charge is 0.408 e. The van der Waals surface area contributed by atoms with E-state index in [4.69, 9.17) is 4.42 Å². The molecule has 2 aromatic rings. The molecule has 0 saturated carbocycles. The van der Waals surface area contributed by atoms with Gasteiger partial charge in [0.25, 0.3) is 0 Å². The zero-order valence-corrected chi connectivity index (χ0v) is 12.7. The molecule has 0 spiro atoms. The Kier molecular flexibility index (Phi) is 3.76. The van der Waals surface area contributed by atoms with Crippen molar-refractivity contribution < 1.29 is 13.6 Å². The number of amides is 1. The lowest BCUT2D eigenvalue weighted by atomic mass is 10.0. The van der Waals surface area contributed by atoms with Crippen LogP contribution in [-0.2, 0) is 4.79 Å². The summed E-state index contributed by atoms with van der Waals surface area (Å²) in [6.45, 7) is 4.97.